The minimum absolute atomic E-state index is 0.122. The summed E-state index contributed by atoms with van der Waals surface area (Å²) in [6.45, 7) is 9.88. The molecule has 0 radical (unpaired) electrons. The topological polar surface area (TPSA) is 95.3 Å². The largest absolute Gasteiger partial charge is 0.482 e. The molecule has 2 aromatic heterocycles. The van der Waals surface area contributed by atoms with Gasteiger partial charge in [-0.15, -0.1) is 21.5 Å². The summed E-state index contributed by atoms with van der Waals surface area (Å²) in [7, 11) is 3.19. The predicted molar refractivity (Wildman–Crippen MR) is 135 cm³/mol. The van der Waals surface area contributed by atoms with Crippen molar-refractivity contribution in [2.45, 2.75) is 52.3 Å². The number of rotatable bonds is 9. The highest BCUT2D eigenvalue weighted by molar-refractivity contribution is 7.99. The highest BCUT2D eigenvalue weighted by Gasteiger charge is 2.24. The Hall–Kier alpha value is -2.85. The highest BCUT2D eigenvalue weighted by atomic mass is 32.2. The first kappa shape index (κ1) is 25.8. The maximum atomic E-state index is 12.7. The van der Waals surface area contributed by atoms with Gasteiger partial charge in [0.05, 0.1) is 18.4 Å². The number of carbonyl (C=O) groups is 2. The van der Waals surface area contributed by atoms with Crippen molar-refractivity contribution in [3.63, 3.8) is 0 Å². The van der Waals surface area contributed by atoms with Crippen molar-refractivity contribution in [3.8, 4) is 5.75 Å². The number of thioether (sulfide) groups is 1. The van der Waals surface area contributed by atoms with E-state index in [-0.39, 0.29) is 17.8 Å². The molecule has 1 amide bonds. The van der Waals surface area contributed by atoms with Gasteiger partial charge in [-0.1, -0.05) is 36.4 Å². The highest BCUT2D eigenvalue weighted by Crippen LogP contribution is 2.34. The second kappa shape index (κ2) is 11.1. The number of hydrogen-bond donors (Lipinski definition) is 1. The van der Waals surface area contributed by atoms with Gasteiger partial charge < -0.3 is 19.4 Å². The lowest BCUT2D eigenvalue weighted by molar-refractivity contribution is -0.113. The molecule has 3 rings (SSSR count). The van der Waals surface area contributed by atoms with Crippen LogP contribution in [-0.4, -0.2) is 39.5 Å². The van der Waals surface area contributed by atoms with E-state index >= 15 is 0 Å². The van der Waals surface area contributed by atoms with Gasteiger partial charge in [-0.2, -0.15) is 0 Å². The van der Waals surface area contributed by atoms with E-state index in [0.717, 1.165) is 21.8 Å². The molecule has 0 aliphatic rings. The lowest BCUT2D eigenvalue weighted by Crippen LogP contribution is -2.16. The number of nitrogens with one attached hydrogen (secondary N) is 1. The summed E-state index contributed by atoms with van der Waals surface area (Å²) in [5, 5.41) is 12.5. The lowest BCUT2D eigenvalue weighted by atomic mass is 10.1. The van der Waals surface area contributed by atoms with Gasteiger partial charge in [0.15, 0.2) is 17.1 Å². The van der Waals surface area contributed by atoms with Crippen LogP contribution >= 0.6 is 23.1 Å². The van der Waals surface area contributed by atoms with Crippen LogP contribution in [0, 0.1) is 20.8 Å². The molecule has 3 aromatic rings. The molecule has 0 aliphatic carbocycles. The summed E-state index contributed by atoms with van der Waals surface area (Å²) in [5.74, 6) is 0.909. The van der Waals surface area contributed by atoms with E-state index in [9.17, 15) is 9.59 Å². The molecule has 1 unspecified atom stereocenters. The van der Waals surface area contributed by atoms with Gasteiger partial charge in [-0.25, -0.2) is 4.79 Å². The molecular formula is C24H30N4O4S2. The number of amides is 1. The Kier molecular flexibility index (Phi) is 8.37. The molecule has 8 nitrogen and oxygen atoms in total. The van der Waals surface area contributed by atoms with E-state index in [1.807, 2.05) is 58.4 Å². The second-order valence-corrected chi connectivity index (χ2v) is 10.1. The number of esters is 1. The number of anilines is 1. The maximum Gasteiger partial charge on any atom is 0.341 e. The molecule has 0 saturated heterocycles. The van der Waals surface area contributed by atoms with Gasteiger partial charge in [-0.05, 0) is 51.3 Å². The molecule has 1 N–H and O–H groups in total. The van der Waals surface area contributed by atoms with E-state index in [0.29, 0.717) is 28.0 Å². The number of aryl methyl sites for hydroxylation is 3. The molecule has 0 spiro atoms. The van der Waals surface area contributed by atoms with Gasteiger partial charge in [-0.3, -0.25) is 4.79 Å². The Balaban J connectivity index is 1.66. The van der Waals surface area contributed by atoms with Crippen LogP contribution in [0.4, 0.5) is 5.00 Å². The van der Waals surface area contributed by atoms with Crippen molar-refractivity contribution in [3.05, 3.63) is 51.2 Å². The van der Waals surface area contributed by atoms with Crippen LogP contribution in [0.25, 0.3) is 0 Å². The molecule has 0 fully saturated rings. The molecule has 0 aliphatic heterocycles. The minimum Gasteiger partial charge on any atom is -0.482 e. The first-order valence-corrected chi connectivity index (χ1v) is 12.7. The molecule has 0 bridgehead atoms. The summed E-state index contributed by atoms with van der Waals surface area (Å²) in [6.07, 6.45) is 0.368. The van der Waals surface area contributed by atoms with Gasteiger partial charge >= 0.3 is 5.97 Å². The Labute approximate surface area is 208 Å². The number of thiophene rings is 1. The Bertz CT molecular complexity index is 1200. The van der Waals surface area contributed by atoms with Crippen molar-refractivity contribution < 1.29 is 19.1 Å². The smallest absolute Gasteiger partial charge is 0.341 e. The first-order valence-electron chi connectivity index (χ1n) is 10.9. The predicted octanol–water partition coefficient (Wildman–Crippen LogP) is 5.02. The monoisotopic (exact) mass is 502 g/mol. The number of ether oxygens (including phenoxy) is 2. The lowest BCUT2D eigenvalue weighted by Gasteiger charge is -2.16. The summed E-state index contributed by atoms with van der Waals surface area (Å²) in [5.41, 5.74) is 3.57. The normalized spacial score (nSPS) is 11.9. The molecule has 1 aromatic carbocycles. The Morgan fingerprint density at radius 2 is 1.97 bits per heavy atom. The van der Waals surface area contributed by atoms with Gasteiger partial charge in [0, 0.05) is 11.9 Å². The van der Waals surface area contributed by atoms with Crippen LogP contribution in [0.15, 0.2) is 23.4 Å². The molecule has 182 valence electrons. The molecule has 2 heterocycles. The minimum atomic E-state index is -0.445. The number of carbonyl (C=O) groups excluding carboxylic acids is 2. The summed E-state index contributed by atoms with van der Waals surface area (Å²) in [4.78, 5) is 25.9. The third-order valence-corrected chi connectivity index (χ3v) is 7.49. The molecule has 34 heavy (non-hydrogen) atoms. The summed E-state index contributed by atoms with van der Waals surface area (Å²) < 4.78 is 12.8. The van der Waals surface area contributed by atoms with Crippen LogP contribution in [-0.2, 0) is 23.0 Å². The van der Waals surface area contributed by atoms with Crippen molar-refractivity contribution in [1.29, 1.82) is 0 Å². The number of nitrogens with zero attached hydrogens (tertiary/aromatic N) is 3. The Morgan fingerprint density at radius 3 is 2.62 bits per heavy atom. The van der Waals surface area contributed by atoms with Crippen LogP contribution in [0.3, 0.4) is 0 Å². The fourth-order valence-electron chi connectivity index (χ4n) is 3.68. The Morgan fingerprint density at radius 1 is 1.24 bits per heavy atom. The quantitative estimate of drug-likeness (QED) is 0.324. The zero-order chi connectivity index (χ0) is 25.0. The number of methoxy groups -OCH3 is 1. The van der Waals surface area contributed by atoms with E-state index in [2.05, 4.69) is 21.6 Å². The van der Waals surface area contributed by atoms with Crippen LogP contribution < -0.4 is 10.1 Å². The molecule has 10 heteroatoms. The third-order valence-electron chi connectivity index (χ3n) is 5.40. The number of hydrogen-bond acceptors (Lipinski definition) is 8. The summed E-state index contributed by atoms with van der Waals surface area (Å²) >= 11 is 2.65. The van der Waals surface area contributed by atoms with Gasteiger partial charge in [0.25, 0.3) is 0 Å². The summed E-state index contributed by atoms with van der Waals surface area (Å²) in [6, 6.07) is 6.04. The van der Waals surface area contributed by atoms with Crippen LogP contribution in [0.1, 0.15) is 57.7 Å². The maximum absolute atomic E-state index is 12.7. The molecule has 0 saturated carbocycles. The standard InChI is InChI=1S/C24H30N4O4S2/c1-8-17-16(5)34-22(20(17)23(30)31-7)25-19(29)12-33-24-27-26-21(28(24)6)15(4)32-18-10-9-13(2)11-14(18)3/h9-11,15H,8,12H2,1-7H3,(H,25,29). The first-order chi connectivity index (χ1) is 16.2. The number of benzene rings is 1. The van der Waals surface area contributed by atoms with Crippen molar-refractivity contribution >= 4 is 40.0 Å². The molecule has 1 atom stereocenters. The van der Waals surface area contributed by atoms with Crippen LogP contribution in [0.5, 0.6) is 5.75 Å². The average Bonchev–Trinajstić information content (AvgIpc) is 3.32. The molecular weight excluding hydrogens is 472 g/mol. The van der Waals surface area contributed by atoms with E-state index in [1.165, 1.54) is 35.8 Å². The second-order valence-electron chi connectivity index (χ2n) is 7.95. The fourth-order valence-corrected chi connectivity index (χ4v) is 5.55. The zero-order valence-electron chi connectivity index (χ0n) is 20.5. The van der Waals surface area contributed by atoms with Crippen molar-refractivity contribution in [1.82, 2.24) is 14.8 Å². The van der Waals surface area contributed by atoms with Crippen LogP contribution in [0.2, 0.25) is 0 Å². The van der Waals surface area contributed by atoms with Crippen molar-refractivity contribution in [2.24, 2.45) is 7.05 Å². The average molecular weight is 503 g/mol. The SMILES string of the molecule is CCc1c(C)sc(NC(=O)CSc2nnc(C(C)Oc3ccc(C)cc3C)n2C)c1C(=O)OC. The van der Waals surface area contributed by atoms with E-state index in [1.54, 1.807) is 0 Å². The van der Waals surface area contributed by atoms with Gasteiger partial charge in [0.2, 0.25) is 5.91 Å². The fraction of sp³-hybridized carbons (Fsp3) is 0.417. The van der Waals surface area contributed by atoms with Crippen molar-refractivity contribution in [2.75, 3.05) is 18.2 Å². The number of aromatic nitrogens is 3. The van der Waals surface area contributed by atoms with Gasteiger partial charge in [0.1, 0.15) is 10.8 Å². The zero-order valence-corrected chi connectivity index (χ0v) is 22.1. The van der Waals surface area contributed by atoms with E-state index in [4.69, 9.17) is 9.47 Å². The van der Waals surface area contributed by atoms with E-state index < -0.39 is 5.97 Å². The third kappa shape index (κ3) is 5.61.